The average Bonchev–Trinajstić information content (AvgIpc) is 2.30. The molecule has 0 aliphatic heterocycles. The highest BCUT2D eigenvalue weighted by atomic mass is 31.2. The minimum atomic E-state index is -3.81. The smallest absolute Gasteiger partial charge is 0.309 e. The molecule has 1 aromatic carbocycles. The standard InChI is InChI=1S/C11H17O3P/c1-3-13-15(12,14-4-2)10-11-8-6-5-7-9-11/h5-9H,3-4,10H2,1-2H3/i10D2. The van der Waals surface area contributed by atoms with E-state index < -0.39 is 13.7 Å². The van der Waals surface area contributed by atoms with E-state index in [1.54, 1.807) is 44.2 Å². The first-order valence-corrected chi connectivity index (χ1v) is 6.47. The molecule has 0 atom stereocenters. The topological polar surface area (TPSA) is 35.5 Å². The van der Waals surface area contributed by atoms with Gasteiger partial charge in [0.05, 0.1) is 19.3 Å². The highest BCUT2D eigenvalue weighted by Crippen LogP contribution is 2.51. The van der Waals surface area contributed by atoms with E-state index in [1.165, 1.54) is 0 Å². The molecule has 0 aliphatic carbocycles. The van der Waals surface area contributed by atoms with Gasteiger partial charge in [0.15, 0.2) is 0 Å². The van der Waals surface area contributed by atoms with Crippen LogP contribution in [0, 0.1) is 0 Å². The molecule has 4 heteroatoms. The summed E-state index contributed by atoms with van der Waals surface area (Å²) in [6.45, 7) is 3.60. The predicted molar refractivity (Wildman–Crippen MR) is 61.0 cm³/mol. The Hall–Kier alpha value is -0.630. The van der Waals surface area contributed by atoms with Crippen LogP contribution in [0.2, 0.25) is 0 Å². The molecule has 1 rings (SSSR count). The van der Waals surface area contributed by atoms with Crippen LogP contribution in [0.15, 0.2) is 30.3 Å². The van der Waals surface area contributed by atoms with E-state index >= 15 is 0 Å². The first-order valence-electron chi connectivity index (χ1n) is 5.92. The molecular weight excluding hydrogens is 211 g/mol. The van der Waals surface area contributed by atoms with Crippen LogP contribution in [0.1, 0.15) is 22.2 Å². The fraction of sp³-hybridized carbons (Fsp3) is 0.455. The molecule has 0 saturated carbocycles. The number of hydrogen-bond donors (Lipinski definition) is 0. The Bertz CT molecular complexity index is 385. The van der Waals surface area contributed by atoms with Gasteiger partial charge in [-0.25, -0.2) is 0 Å². The summed E-state index contributed by atoms with van der Waals surface area (Å²) < 4.78 is 38.5. The second-order valence-electron chi connectivity index (χ2n) is 2.81. The quantitative estimate of drug-likeness (QED) is 0.702. The van der Waals surface area contributed by atoms with Gasteiger partial charge in [-0.2, -0.15) is 0 Å². The fourth-order valence-electron chi connectivity index (χ4n) is 1.11. The van der Waals surface area contributed by atoms with Gasteiger partial charge < -0.3 is 9.05 Å². The van der Waals surface area contributed by atoms with Crippen LogP contribution < -0.4 is 0 Å². The second kappa shape index (κ2) is 6.06. The van der Waals surface area contributed by atoms with Gasteiger partial charge in [-0.15, -0.1) is 0 Å². The van der Waals surface area contributed by atoms with Crippen molar-refractivity contribution in [1.29, 1.82) is 0 Å². The van der Waals surface area contributed by atoms with Crippen molar-refractivity contribution in [3.8, 4) is 0 Å². The molecule has 0 unspecified atom stereocenters. The SMILES string of the molecule is [2H]C([2H])(c1ccccc1)P(=O)(OCC)OCC. The summed E-state index contributed by atoms with van der Waals surface area (Å²) in [4.78, 5) is 0. The van der Waals surface area contributed by atoms with Crippen molar-refractivity contribution in [2.24, 2.45) is 0 Å². The minimum Gasteiger partial charge on any atom is -0.309 e. The van der Waals surface area contributed by atoms with Gasteiger partial charge in [0.1, 0.15) is 0 Å². The first-order chi connectivity index (χ1) is 7.98. The van der Waals surface area contributed by atoms with E-state index in [0.29, 0.717) is 5.56 Å². The summed E-state index contributed by atoms with van der Waals surface area (Å²) in [5, 5.41) is 0. The van der Waals surface area contributed by atoms with Gasteiger partial charge in [-0.05, 0) is 19.4 Å². The van der Waals surface area contributed by atoms with Gasteiger partial charge in [0.25, 0.3) is 0 Å². The van der Waals surface area contributed by atoms with Crippen molar-refractivity contribution in [3.05, 3.63) is 35.9 Å². The van der Waals surface area contributed by atoms with Crippen molar-refractivity contribution >= 4 is 7.60 Å². The van der Waals surface area contributed by atoms with Crippen LogP contribution in [-0.4, -0.2) is 13.2 Å². The zero-order chi connectivity index (χ0) is 12.9. The van der Waals surface area contributed by atoms with Gasteiger partial charge in [0.2, 0.25) is 0 Å². The maximum absolute atomic E-state index is 12.4. The van der Waals surface area contributed by atoms with E-state index in [1.807, 2.05) is 0 Å². The molecule has 0 amide bonds. The molecule has 0 saturated heterocycles. The molecule has 3 nitrogen and oxygen atoms in total. The molecule has 0 radical (unpaired) electrons. The van der Waals surface area contributed by atoms with Crippen LogP contribution in [0.3, 0.4) is 0 Å². The number of hydrogen-bond acceptors (Lipinski definition) is 3. The van der Waals surface area contributed by atoms with Crippen LogP contribution >= 0.6 is 7.60 Å². The summed E-state index contributed by atoms with van der Waals surface area (Å²) in [7, 11) is -3.81. The molecular formula is C11H17O3P. The highest BCUT2D eigenvalue weighted by Gasteiger charge is 2.23. The lowest BCUT2D eigenvalue weighted by Gasteiger charge is -2.16. The molecule has 0 fully saturated rings. The normalized spacial score (nSPS) is 14.5. The lowest BCUT2D eigenvalue weighted by Crippen LogP contribution is -1.98. The van der Waals surface area contributed by atoms with Crippen molar-refractivity contribution in [1.82, 2.24) is 0 Å². The number of benzene rings is 1. The zero-order valence-corrected chi connectivity index (χ0v) is 9.87. The van der Waals surface area contributed by atoms with E-state index in [2.05, 4.69) is 0 Å². The Morgan fingerprint density at radius 1 is 1.20 bits per heavy atom. The summed E-state index contributed by atoms with van der Waals surface area (Å²) in [5.41, 5.74) is 0.297. The van der Waals surface area contributed by atoms with Crippen molar-refractivity contribution < 1.29 is 16.4 Å². The fourth-order valence-corrected chi connectivity index (χ4v) is 2.46. The Balaban J connectivity index is 3.13. The van der Waals surface area contributed by atoms with E-state index in [0.717, 1.165) is 0 Å². The Kier molecular flexibility index (Phi) is 3.87. The third kappa shape index (κ3) is 4.17. The lowest BCUT2D eigenvalue weighted by molar-refractivity contribution is 0.219. The second-order valence-corrected chi connectivity index (χ2v) is 4.55. The average molecular weight is 230 g/mol. The van der Waals surface area contributed by atoms with Gasteiger partial charge in [-0.1, -0.05) is 30.3 Å². The molecule has 0 aromatic heterocycles. The summed E-state index contributed by atoms with van der Waals surface area (Å²) in [6, 6.07) is 8.30. The van der Waals surface area contributed by atoms with Crippen LogP contribution in [0.4, 0.5) is 0 Å². The zero-order valence-electron chi connectivity index (χ0n) is 11.0. The highest BCUT2D eigenvalue weighted by molar-refractivity contribution is 7.53. The van der Waals surface area contributed by atoms with Gasteiger partial charge in [0, 0.05) is 2.74 Å². The largest absolute Gasteiger partial charge is 0.335 e. The number of rotatable bonds is 6. The molecule has 0 N–H and O–H groups in total. The van der Waals surface area contributed by atoms with Gasteiger partial charge >= 0.3 is 7.60 Å². The maximum Gasteiger partial charge on any atom is 0.335 e. The van der Waals surface area contributed by atoms with Crippen LogP contribution in [-0.2, 0) is 19.7 Å². The van der Waals surface area contributed by atoms with Crippen molar-refractivity contribution in [2.45, 2.75) is 20.0 Å². The molecule has 0 heterocycles. The summed E-state index contributed by atoms with van der Waals surface area (Å²) in [6.07, 6.45) is -2.14. The maximum atomic E-state index is 12.4. The Labute approximate surface area is 93.8 Å². The molecule has 0 aliphatic rings. The first kappa shape index (κ1) is 9.59. The summed E-state index contributed by atoms with van der Waals surface area (Å²) >= 11 is 0. The molecule has 0 spiro atoms. The van der Waals surface area contributed by atoms with Gasteiger partial charge in [-0.3, -0.25) is 4.57 Å². The summed E-state index contributed by atoms with van der Waals surface area (Å²) in [5.74, 6) is 0. The predicted octanol–water partition coefficient (Wildman–Crippen LogP) is 3.45. The van der Waals surface area contributed by atoms with Crippen molar-refractivity contribution in [2.75, 3.05) is 13.2 Å². The van der Waals surface area contributed by atoms with E-state index in [-0.39, 0.29) is 13.2 Å². The Morgan fingerprint density at radius 2 is 1.73 bits per heavy atom. The third-order valence-corrected chi connectivity index (χ3v) is 3.37. The van der Waals surface area contributed by atoms with Crippen LogP contribution in [0.25, 0.3) is 0 Å². The molecule has 15 heavy (non-hydrogen) atoms. The van der Waals surface area contributed by atoms with E-state index in [4.69, 9.17) is 11.8 Å². The van der Waals surface area contributed by atoms with E-state index in [9.17, 15) is 4.57 Å². The molecule has 0 bridgehead atoms. The third-order valence-electron chi connectivity index (χ3n) is 1.64. The minimum absolute atomic E-state index is 0.142. The lowest BCUT2D eigenvalue weighted by atomic mass is 10.2. The monoisotopic (exact) mass is 230 g/mol. The molecule has 84 valence electrons. The Morgan fingerprint density at radius 3 is 2.20 bits per heavy atom. The van der Waals surface area contributed by atoms with Crippen molar-refractivity contribution in [3.63, 3.8) is 0 Å². The van der Waals surface area contributed by atoms with Crippen LogP contribution in [0.5, 0.6) is 0 Å². The molecule has 1 aromatic rings.